The smallest absolute Gasteiger partial charge is 0.416 e. The molecule has 0 aliphatic carbocycles. The highest BCUT2D eigenvalue weighted by molar-refractivity contribution is 7.59. The number of furan rings is 1. The zero-order valence-electron chi connectivity index (χ0n) is 10.6. The van der Waals surface area contributed by atoms with Crippen LogP contribution in [-0.2, 0) is 10.7 Å². The molecule has 0 saturated carbocycles. The average molecular weight is 332 g/mol. The van der Waals surface area contributed by atoms with Crippen LogP contribution in [0.15, 0.2) is 34.7 Å². The minimum absolute atomic E-state index is 0.0167. The van der Waals surface area contributed by atoms with Crippen LogP contribution >= 0.6 is 7.60 Å². The second kappa shape index (κ2) is 4.70. The molecule has 6 nitrogen and oxygen atoms in total. The number of nitrogens with zero attached hydrogens (tertiary/aromatic N) is 1. The van der Waals surface area contributed by atoms with Crippen molar-refractivity contribution in [1.82, 2.24) is 9.97 Å². The summed E-state index contributed by atoms with van der Waals surface area (Å²) in [5, 5.41) is 0. The van der Waals surface area contributed by atoms with E-state index in [9.17, 15) is 17.7 Å². The number of nitrogens with one attached hydrogen (secondary N) is 1. The van der Waals surface area contributed by atoms with Gasteiger partial charge in [0.2, 0.25) is 5.50 Å². The molecule has 0 unspecified atom stereocenters. The van der Waals surface area contributed by atoms with Crippen molar-refractivity contribution in [2.45, 2.75) is 6.18 Å². The number of alkyl halides is 3. The molecule has 2 aromatic heterocycles. The molecular formula is C12H8F3N2O4P. The van der Waals surface area contributed by atoms with Gasteiger partial charge < -0.3 is 19.2 Å². The molecule has 0 aliphatic heterocycles. The van der Waals surface area contributed by atoms with E-state index in [-0.39, 0.29) is 17.1 Å². The van der Waals surface area contributed by atoms with Gasteiger partial charge in [0.1, 0.15) is 0 Å². The predicted octanol–water partition coefficient (Wildman–Crippen LogP) is 2.64. The highest BCUT2D eigenvalue weighted by Crippen LogP contribution is 2.36. The monoisotopic (exact) mass is 332 g/mol. The number of imidazole rings is 1. The van der Waals surface area contributed by atoms with E-state index in [4.69, 9.17) is 14.2 Å². The number of aromatic nitrogens is 2. The van der Waals surface area contributed by atoms with Gasteiger partial charge in [0.25, 0.3) is 0 Å². The van der Waals surface area contributed by atoms with Crippen LogP contribution in [0.25, 0.3) is 22.6 Å². The van der Waals surface area contributed by atoms with Crippen molar-refractivity contribution >= 4 is 24.1 Å². The zero-order valence-corrected chi connectivity index (χ0v) is 11.5. The summed E-state index contributed by atoms with van der Waals surface area (Å²) >= 11 is 0. The van der Waals surface area contributed by atoms with Gasteiger partial charge in [0.15, 0.2) is 11.6 Å². The third-order valence-electron chi connectivity index (χ3n) is 2.92. The van der Waals surface area contributed by atoms with Gasteiger partial charge in [-0.05, 0) is 30.3 Å². The van der Waals surface area contributed by atoms with E-state index >= 15 is 0 Å². The molecule has 2 heterocycles. The molecular weight excluding hydrogens is 324 g/mol. The fraction of sp³-hybridized carbons (Fsp3) is 0.0833. The van der Waals surface area contributed by atoms with Crippen molar-refractivity contribution in [1.29, 1.82) is 0 Å². The number of fused-ring (bicyclic) bond motifs is 1. The van der Waals surface area contributed by atoms with Crippen molar-refractivity contribution in [2.75, 3.05) is 0 Å². The van der Waals surface area contributed by atoms with E-state index in [0.717, 1.165) is 18.2 Å². The first-order valence-corrected chi connectivity index (χ1v) is 7.49. The molecule has 10 heteroatoms. The van der Waals surface area contributed by atoms with Crippen molar-refractivity contribution < 1.29 is 31.9 Å². The van der Waals surface area contributed by atoms with Gasteiger partial charge in [0.05, 0.1) is 16.6 Å². The van der Waals surface area contributed by atoms with E-state index in [1.165, 1.54) is 12.1 Å². The summed E-state index contributed by atoms with van der Waals surface area (Å²) in [5.74, 6) is 0.0945. The number of aromatic amines is 1. The summed E-state index contributed by atoms with van der Waals surface area (Å²) in [7, 11) is -4.54. The highest BCUT2D eigenvalue weighted by atomic mass is 31.2. The molecule has 116 valence electrons. The molecule has 0 saturated heterocycles. The molecule has 0 amide bonds. The summed E-state index contributed by atoms with van der Waals surface area (Å²) in [4.78, 5) is 24.6. The van der Waals surface area contributed by atoms with E-state index in [1.807, 2.05) is 0 Å². The first-order valence-electron chi connectivity index (χ1n) is 5.88. The number of H-pyrrole nitrogens is 1. The Bertz CT molecular complexity index is 893. The highest BCUT2D eigenvalue weighted by Gasteiger charge is 2.31. The lowest BCUT2D eigenvalue weighted by Gasteiger charge is -2.04. The Labute approximate surface area is 120 Å². The molecule has 0 radical (unpaired) electrons. The Morgan fingerprint density at radius 2 is 1.91 bits per heavy atom. The number of benzene rings is 1. The Kier molecular flexibility index (Phi) is 3.17. The molecule has 22 heavy (non-hydrogen) atoms. The van der Waals surface area contributed by atoms with E-state index in [0.29, 0.717) is 5.52 Å². The lowest BCUT2D eigenvalue weighted by Crippen LogP contribution is -2.04. The van der Waals surface area contributed by atoms with Crippen molar-refractivity contribution in [3.05, 3.63) is 35.9 Å². The van der Waals surface area contributed by atoms with Crippen molar-refractivity contribution in [3.63, 3.8) is 0 Å². The maximum absolute atomic E-state index is 12.6. The van der Waals surface area contributed by atoms with Crippen LogP contribution in [0, 0.1) is 0 Å². The lowest BCUT2D eigenvalue weighted by molar-refractivity contribution is -0.137. The Morgan fingerprint density at radius 3 is 2.50 bits per heavy atom. The fourth-order valence-electron chi connectivity index (χ4n) is 1.91. The van der Waals surface area contributed by atoms with Crippen LogP contribution in [0.2, 0.25) is 0 Å². The fourth-order valence-corrected chi connectivity index (χ4v) is 2.40. The number of hydrogen-bond donors (Lipinski definition) is 3. The molecule has 3 aromatic rings. The Balaban J connectivity index is 2.05. The van der Waals surface area contributed by atoms with Crippen molar-refractivity contribution in [3.8, 4) is 11.6 Å². The average Bonchev–Trinajstić information content (AvgIpc) is 3.02. The standard InChI is InChI=1S/C12H8F3N2O4P/c13-12(14,15)6-1-2-7-8(5-6)17-11(16-7)9-3-4-10(21-9)22(18,19)20/h1-5H,(H,16,17)(H2,18,19,20). The normalized spacial score (nSPS) is 13.0. The molecule has 1 aromatic carbocycles. The second-order valence-electron chi connectivity index (χ2n) is 4.50. The molecule has 0 bridgehead atoms. The van der Waals surface area contributed by atoms with E-state index in [1.54, 1.807) is 0 Å². The third kappa shape index (κ3) is 2.66. The van der Waals surface area contributed by atoms with Crippen LogP contribution in [0.3, 0.4) is 0 Å². The van der Waals surface area contributed by atoms with E-state index in [2.05, 4.69) is 9.97 Å². The van der Waals surface area contributed by atoms with Gasteiger partial charge in [0, 0.05) is 0 Å². The molecule has 3 rings (SSSR count). The zero-order chi connectivity index (χ0) is 16.1. The number of hydrogen-bond acceptors (Lipinski definition) is 3. The Hall–Kier alpha value is -2.09. The SMILES string of the molecule is O=P(O)(O)c1ccc(-c2nc3cc(C(F)(F)F)ccc3[nH]2)o1. The third-order valence-corrected chi connectivity index (χ3v) is 3.74. The molecule has 0 aliphatic rings. The second-order valence-corrected chi connectivity index (χ2v) is 6.03. The summed E-state index contributed by atoms with van der Waals surface area (Å²) in [6.07, 6.45) is -4.48. The van der Waals surface area contributed by atoms with Crippen LogP contribution in [0.1, 0.15) is 5.56 Å². The molecule has 3 N–H and O–H groups in total. The van der Waals surface area contributed by atoms with Gasteiger partial charge in [-0.2, -0.15) is 13.2 Å². The van der Waals surface area contributed by atoms with Gasteiger partial charge in [-0.1, -0.05) is 0 Å². The topological polar surface area (TPSA) is 99.4 Å². The van der Waals surface area contributed by atoms with Crippen molar-refractivity contribution in [2.24, 2.45) is 0 Å². The molecule has 0 spiro atoms. The summed E-state index contributed by atoms with van der Waals surface area (Å²) in [6, 6.07) is 5.37. The van der Waals surface area contributed by atoms with Crippen LogP contribution < -0.4 is 5.50 Å². The summed E-state index contributed by atoms with van der Waals surface area (Å²) in [6.45, 7) is 0. The maximum atomic E-state index is 12.6. The lowest BCUT2D eigenvalue weighted by atomic mass is 10.2. The van der Waals surface area contributed by atoms with Gasteiger partial charge >= 0.3 is 13.8 Å². The minimum atomic E-state index is -4.54. The van der Waals surface area contributed by atoms with Crippen LogP contribution in [0.4, 0.5) is 13.2 Å². The predicted molar refractivity (Wildman–Crippen MR) is 70.5 cm³/mol. The first kappa shape index (κ1) is 14.8. The largest absolute Gasteiger partial charge is 0.445 e. The van der Waals surface area contributed by atoms with Crippen LogP contribution in [0.5, 0.6) is 0 Å². The van der Waals surface area contributed by atoms with Gasteiger partial charge in [-0.3, -0.25) is 4.57 Å². The maximum Gasteiger partial charge on any atom is 0.416 e. The molecule has 0 atom stereocenters. The quantitative estimate of drug-likeness (QED) is 0.627. The minimum Gasteiger partial charge on any atom is -0.445 e. The number of rotatable bonds is 2. The summed E-state index contributed by atoms with van der Waals surface area (Å²) in [5.41, 5.74) is -0.969. The van der Waals surface area contributed by atoms with Gasteiger partial charge in [-0.15, -0.1) is 0 Å². The van der Waals surface area contributed by atoms with Crippen LogP contribution in [-0.4, -0.2) is 19.8 Å². The Morgan fingerprint density at radius 1 is 1.18 bits per heavy atom. The molecule has 0 fully saturated rings. The first-order chi connectivity index (χ1) is 10.1. The summed E-state index contributed by atoms with van der Waals surface area (Å²) < 4.78 is 53.9. The number of halogens is 3. The van der Waals surface area contributed by atoms with Gasteiger partial charge in [-0.25, -0.2) is 4.98 Å². The van der Waals surface area contributed by atoms with E-state index < -0.39 is 24.8 Å².